The number of aliphatic hydroxyl groups is 1. The first kappa shape index (κ1) is 25.2. The molecular formula is C19H36IN5O3. The summed E-state index contributed by atoms with van der Waals surface area (Å²) in [4.78, 5) is 8.92. The van der Waals surface area contributed by atoms with Gasteiger partial charge in [0.1, 0.15) is 5.76 Å². The molecule has 0 saturated carbocycles. The Kier molecular flexibility index (Phi) is 11.4. The molecule has 0 bridgehead atoms. The summed E-state index contributed by atoms with van der Waals surface area (Å²) in [7, 11) is 4.04. The number of rotatable bonds is 9. The molecule has 1 fully saturated rings. The van der Waals surface area contributed by atoms with Crippen LogP contribution in [0.5, 0.6) is 0 Å². The topological polar surface area (TPSA) is 85.5 Å². The second kappa shape index (κ2) is 12.6. The number of furan rings is 1. The van der Waals surface area contributed by atoms with Crippen molar-refractivity contribution in [2.45, 2.75) is 25.5 Å². The summed E-state index contributed by atoms with van der Waals surface area (Å²) < 4.78 is 10.9. The van der Waals surface area contributed by atoms with E-state index in [9.17, 15) is 5.11 Å². The van der Waals surface area contributed by atoms with Gasteiger partial charge in [-0.2, -0.15) is 0 Å². The number of ether oxygens (including phenoxy) is 1. The maximum Gasteiger partial charge on any atom is 0.191 e. The molecule has 1 aromatic heterocycles. The summed E-state index contributed by atoms with van der Waals surface area (Å²) >= 11 is 0. The van der Waals surface area contributed by atoms with Gasteiger partial charge in [-0.3, -0.25) is 14.8 Å². The van der Waals surface area contributed by atoms with Crippen LogP contribution in [0.25, 0.3) is 0 Å². The highest BCUT2D eigenvalue weighted by Gasteiger charge is 2.25. The van der Waals surface area contributed by atoms with Gasteiger partial charge in [0.25, 0.3) is 0 Å². The van der Waals surface area contributed by atoms with Gasteiger partial charge < -0.3 is 24.9 Å². The molecule has 28 heavy (non-hydrogen) atoms. The first-order valence-corrected chi connectivity index (χ1v) is 9.66. The highest BCUT2D eigenvalue weighted by atomic mass is 127. The molecule has 8 nitrogen and oxygen atoms in total. The smallest absolute Gasteiger partial charge is 0.191 e. The lowest BCUT2D eigenvalue weighted by Crippen LogP contribution is -2.48. The molecule has 1 aromatic rings. The van der Waals surface area contributed by atoms with Crippen molar-refractivity contribution in [3.8, 4) is 0 Å². The zero-order chi connectivity index (χ0) is 19.7. The van der Waals surface area contributed by atoms with Gasteiger partial charge >= 0.3 is 0 Å². The van der Waals surface area contributed by atoms with Gasteiger partial charge in [-0.25, -0.2) is 0 Å². The number of halogens is 1. The van der Waals surface area contributed by atoms with Crippen molar-refractivity contribution >= 4 is 29.9 Å². The molecule has 162 valence electrons. The van der Waals surface area contributed by atoms with Crippen molar-refractivity contribution in [1.82, 2.24) is 20.4 Å². The van der Waals surface area contributed by atoms with Crippen LogP contribution in [0, 0.1) is 0 Å². The molecule has 0 amide bonds. The Morgan fingerprint density at radius 2 is 2.07 bits per heavy atom. The zero-order valence-corrected chi connectivity index (χ0v) is 19.8. The summed E-state index contributed by atoms with van der Waals surface area (Å²) in [6.07, 6.45) is 1.69. The molecule has 0 aliphatic carbocycles. The average molecular weight is 509 g/mol. The summed E-state index contributed by atoms with van der Waals surface area (Å²) in [6.45, 7) is 9.34. The van der Waals surface area contributed by atoms with Gasteiger partial charge in [-0.05, 0) is 40.1 Å². The van der Waals surface area contributed by atoms with E-state index in [4.69, 9.17) is 9.15 Å². The van der Waals surface area contributed by atoms with E-state index in [0.717, 1.165) is 38.6 Å². The fourth-order valence-corrected chi connectivity index (χ4v) is 3.09. The number of β-amino-alcohol motifs (C(OH)–C–C–N with tert-alkyl or cyclic N) is 1. The predicted molar refractivity (Wildman–Crippen MR) is 122 cm³/mol. The lowest BCUT2D eigenvalue weighted by molar-refractivity contribution is -0.0180. The van der Waals surface area contributed by atoms with E-state index < -0.39 is 5.60 Å². The van der Waals surface area contributed by atoms with Crippen LogP contribution in [0.15, 0.2) is 27.8 Å². The number of nitrogens with zero attached hydrogens (tertiary/aromatic N) is 3. The minimum absolute atomic E-state index is 0. The minimum Gasteiger partial charge on any atom is -0.468 e. The van der Waals surface area contributed by atoms with Crippen molar-refractivity contribution < 1.29 is 14.3 Å². The number of likely N-dealkylation sites (N-methyl/N-ethyl adjacent to an activating group) is 1. The van der Waals surface area contributed by atoms with Crippen LogP contribution in [-0.2, 0) is 4.74 Å². The largest absolute Gasteiger partial charge is 0.468 e. The Morgan fingerprint density at radius 1 is 1.36 bits per heavy atom. The number of hydrogen-bond acceptors (Lipinski definition) is 6. The van der Waals surface area contributed by atoms with Crippen molar-refractivity contribution in [2.75, 3.05) is 66.6 Å². The van der Waals surface area contributed by atoms with Gasteiger partial charge in [0, 0.05) is 32.7 Å². The van der Waals surface area contributed by atoms with Crippen LogP contribution in [0.2, 0.25) is 0 Å². The second-order valence-corrected chi connectivity index (χ2v) is 7.46. The third-order valence-corrected chi connectivity index (χ3v) is 4.55. The van der Waals surface area contributed by atoms with E-state index in [-0.39, 0.29) is 30.0 Å². The molecule has 3 N–H and O–H groups in total. The lowest BCUT2D eigenvalue weighted by atomic mass is 10.1. The Labute approximate surface area is 185 Å². The molecule has 2 unspecified atom stereocenters. The quantitative estimate of drug-likeness (QED) is 0.262. The summed E-state index contributed by atoms with van der Waals surface area (Å²) in [6, 6.07) is 3.97. The Hall–Kier alpha value is -0.880. The van der Waals surface area contributed by atoms with Crippen LogP contribution in [-0.4, -0.2) is 93.0 Å². The zero-order valence-electron chi connectivity index (χ0n) is 17.5. The monoisotopic (exact) mass is 509 g/mol. The van der Waals surface area contributed by atoms with E-state index in [0.29, 0.717) is 25.6 Å². The SMILES string of the molecule is CCNC(=NCC(C)(O)CN1CCOCC1)NCC(c1ccco1)N(C)C.I. The number of morpholine rings is 1. The molecule has 0 aromatic carbocycles. The number of guanidine groups is 1. The molecule has 1 saturated heterocycles. The highest BCUT2D eigenvalue weighted by molar-refractivity contribution is 14.0. The second-order valence-electron chi connectivity index (χ2n) is 7.46. The van der Waals surface area contributed by atoms with Crippen molar-refractivity contribution in [3.63, 3.8) is 0 Å². The molecule has 0 spiro atoms. The minimum atomic E-state index is -0.887. The summed E-state index contributed by atoms with van der Waals surface area (Å²) in [5.74, 6) is 1.60. The van der Waals surface area contributed by atoms with Crippen LogP contribution in [0.4, 0.5) is 0 Å². The fourth-order valence-electron chi connectivity index (χ4n) is 3.09. The van der Waals surface area contributed by atoms with Crippen LogP contribution >= 0.6 is 24.0 Å². The number of nitrogens with one attached hydrogen (secondary N) is 2. The van der Waals surface area contributed by atoms with Gasteiger partial charge in [-0.1, -0.05) is 0 Å². The van der Waals surface area contributed by atoms with Crippen molar-refractivity contribution in [3.05, 3.63) is 24.2 Å². The molecule has 1 aliphatic heterocycles. The Morgan fingerprint density at radius 3 is 2.64 bits per heavy atom. The van der Waals surface area contributed by atoms with E-state index in [2.05, 4.69) is 25.4 Å². The standard InChI is InChI=1S/C19H35N5O3.HI/c1-5-20-18(21-13-16(23(3)4)17-7-6-10-27-17)22-14-19(2,25)15-24-8-11-26-12-9-24;/h6-7,10,16,25H,5,8-9,11-15H2,1-4H3,(H2,20,21,22);1H. The van der Waals surface area contributed by atoms with E-state index in [1.54, 1.807) is 6.26 Å². The third-order valence-electron chi connectivity index (χ3n) is 4.55. The Balaban J connectivity index is 0.00000392. The fraction of sp³-hybridized carbons (Fsp3) is 0.737. The van der Waals surface area contributed by atoms with Gasteiger partial charge in [0.2, 0.25) is 0 Å². The molecule has 0 radical (unpaired) electrons. The predicted octanol–water partition coefficient (Wildman–Crippen LogP) is 1.14. The molecule has 2 rings (SSSR count). The van der Waals surface area contributed by atoms with E-state index in [1.165, 1.54) is 0 Å². The lowest BCUT2D eigenvalue weighted by Gasteiger charge is -2.33. The molecular weight excluding hydrogens is 473 g/mol. The first-order chi connectivity index (χ1) is 12.9. The highest BCUT2D eigenvalue weighted by Crippen LogP contribution is 2.17. The average Bonchev–Trinajstić information content (AvgIpc) is 3.14. The van der Waals surface area contributed by atoms with Gasteiger partial charge in [0.15, 0.2) is 5.96 Å². The number of aliphatic imine (C=N–C) groups is 1. The molecule has 9 heteroatoms. The van der Waals surface area contributed by atoms with Crippen molar-refractivity contribution in [2.24, 2.45) is 4.99 Å². The van der Waals surface area contributed by atoms with E-state index >= 15 is 0 Å². The normalized spacial score (nSPS) is 19.0. The van der Waals surface area contributed by atoms with Crippen LogP contribution < -0.4 is 10.6 Å². The third kappa shape index (κ3) is 8.64. The number of hydrogen-bond donors (Lipinski definition) is 3. The van der Waals surface area contributed by atoms with Crippen LogP contribution in [0.1, 0.15) is 25.6 Å². The van der Waals surface area contributed by atoms with Crippen molar-refractivity contribution in [1.29, 1.82) is 0 Å². The summed E-state index contributed by atoms with van der Waals surface area (Å²) in [5.41, 5.74) is -0.887. The molecule has 2 heterocycles. The van der Waals surface area contributed by atoms with Crippen LogP contribution in [0.3, 0.4) is 0 Å². The van der Waals surface area contributed by atoms with Gasteiger partial charge in [-0.15, -0.1) is 24.0 Å². The maximum atomic E-state index is 10.7. The van der Waals surface area contributed by atoms with Gasteiger partial charge in [0.05, 0.1) is 37.7 Å². The first-order valence-electron chi connectivity index (χ1n) is 9.66. The molecule has 2 atom stereocenters. The van der Waals surface area contributed by atoms with E-state index in [1.807, 2.05) is 40.1 Å². The Bertz CT molecular complexity index is 560. The molecule has 1 aliphatic rings. The summed E-state index contributed by atoms with van der Waals surface area (Å²) in [5, 5.41) is 17.3. The maximum absolute atomic E-state index is 10.7.